The first-order valence-corrected chi connectivity index (χ1v) is 12.2. The van der Waals surface area contributed by atoms with Crippen molar-refractivity contribution in [2.75, 3.05) is 11.1 Å². The Morgan fingerprint density at radius 1 is 1.19 bits per heavy atom. The Bertz CT molecular complexity index is 1140. The normalized spacial score (nSPS) is 19.6. The lowest BCUT2D eigenvalue weighted by atomic mass is 9.69. The fourth-order valence-corrected chi connectivity index (χ4v) is 5.55. The van der Waals surface area contributed by atoms with Gasteiger partial charge in [-0.1, -0.05) is 68.2 Å². The Morgan fingerprint density at radius 3 is 2.68 bits per heavy atom. The summed E-state index contributed by atoms with van der Waals surface area (Å²) in [7, 11) is 0. The summed E-state index contributed by atoms with van der Waals surface area (Å²) in [6, 6.07) is 5.27. The maximum Gasteiger partial charge on any atom is 0.257 e. The number of unbranched alkanes of at least 4 members (excludes halogenated alkanes) is 1. The number of nitrogens with zero attached hydrogens (tertiary/aromatic N) is 1. The summed E-state index contributed by atoms with van der Waals surface area (Å²) < 4.78 is 0. The van der Waals surface area contributed by atoms with Crippen molar-refractivity contribution in [3.8, 4) is 0 Å². The number of halogens is 2. The number of Topliss-reactive ketones (excluding diaryl/α,β-unsaturated/α-hetero) is 1. The molecule has 4 rings (SSSR count). The van der Waals surface area contributed by atoms with Crippen LogP contribution in [-0.4, -0.2) is 21.5 Å². The molecule has 0 fully saturated rings. The number of ketones is 1. The third-order valence-corrected chi connectivity index (χ3v) is 7.41. The molecule has 1 aromatic heterocycles. The average Bonchev–Trinajstić information content (AvgIpc) is 2.68. The molecule has 1 aliphatic carbocycles. The maximum absolute atomic E-state index is 13.2. The number of thioether (sulfide) groups is 1. The van der Waals surface area contributed by atoms with Crippen LogP contribution in [0.1, 0.15) is 63.5 Å². The molecule has 1 aliphatic heterocycles. The summed E-state index contributed by atoms with van der Waals surface area (Å²) in [5.74, 6) is 0.911. The van der Waals surface area contributed by atoms with E-state index in [0.717, 1.165) is 29.9 Å². The third-order valence-electron chi connectivity index (χ3n) is 5.71. The fraction of sp³-hybridized carbons (Fsp3) is 0.435. The van der Waals surface area contributed by atoms with Crippen LogP contribution < -0.4 is 10.9 Å². The highest BCUT2D eigenvalue weighted by atomic mass is 35.5. The molecular formula is C23H25Cl2N3O2S. The maximum atomic E-state index is 13.2. The largest absolute Gasteiger partial charge is 0.343 e. The summed E-state index contributed by atoms with van der Waals surface area (Å²) >= 11 is 14.0. The molecule has 0 radical (unpaired) electrons. The number of fused-ring (bicyclic) bond motifs is 1. The van der Waals surface area contributed by atoms with Gasteiger partial charge in [0.2, 0.25) is 0 Å². The summed E-state index contributed by atoms with van der Waals surface area (Å²) in [6.45, 7) is 6.29. The molecular weight excluding hydrogens is 453 g/mol. The first-order valence-electron chi connectivity index (χ1n) is 10.5. The highest BCUT2D eigenvalue weighted by molar-refractivity contribution is 7.99. The molecule has 8 heteroatoms. The number of aromatic nitrogens is 2. The molecule has 5 nitrogen and oxygen atoms in total. The van der Waals surface area contributed by atoms with Crippen molar-refractivity contribution in [2.45, 2.75) is 57.5 Å². The molecule has 0 saturated heterocycles. The van der Waals surface area contributed by atoms with Gasteiger partial charge in [-0.15, -0.1) is 0 Å². The van der Waals surface area contributed by atoms with Gasteiger partial charge in [0.15, 0.2) is 10.9 Å². The Balaban J connectivity index is 1.88. The number of rotatable bonds is 5. The van der Waals surface area contributed by atoms with Crippen LogP contribution in [-0.2, 0) is 4.79 Å². The van der Waals surface area contributed by atoms with Gasteiger partial charge in [0, 0.05) is 29.4 Å². The van der Waals surface area contributed by atoms with Crippen LogP contribution >= 0.6 is 35.0 Å². The van der Waals surface area contributed by atoms with Crippen molar-refractivity contribution in [1.82, 2.24) is 9.97 Å². The lowest BCUT2D eigenvalue weighted by Gasteiger charge is -2.38. The Hall–Kier alpha value is -1.76. The van der Waals surface area contributed by atoms with Crippen LogP contribution in [0.15, 0.2) is 39.4 Å². The minimum atomic E-state index is -0.532. The van der Waals surface area contributed by atoms with Crippen molar-refractivity contribution in [3.05, 3.63) is 61.0 Å². The number of nitrogens with one attached hydrogen (secondary N) is 2. The first kappa shape index (κ1) is 22.4. The zero-order valence-corrected chi connectivity index (χ0v) is 20.1. The quantitative estimate of drug-likeness (QED) is 0.305. The van der Waals surface area contributed by atoms with E-state index in [1.165, 1.54) is 11.8 Å². The zero-order chi connectivity index (χ0) is 22.3. The van der Waals surface area contributed by atoms with Gasteiger partial charge in [-0.2, -0.15) is 0 Å². The first-order chi connectivity index (χ1) is 14.7. The van der Waals surface area contributed by atoms with Gasteiger partial charge < -0.3 is 10.3 Å². The van der Waals surface area contributed by atoms with Crippen molar-refractivity contribution >= 4 is 46.6 Å². The Kier molecular flexibility index (Phi) is 6.25. The van der Waals surface area contributed by atoms with E-state index < -0.39 is 5.92 Å². The number of hydrogen-bond donors (Lipinski definition) is 2. The summed E-state index contributed by atoms with van der Waals surface area (Å²) in [6.07, 6.45) is 3.26. The molecule has 2 aliphatic rings. The predicted octanol–water partition coefficient (Wildman–Crippen LogP) is 6.17. The average molecular weight is 478 g/mol. The molecule has 164 valence electrons. The molecule has 1 atom stereocenters. The van der Waals surface area contributed by atoms with Gasteiger partial charge in [0.05, 0.1) is 15.6 Å². The van der Waals surface area contributed by atoms with E-state index in [2.05, 4.69) is 31.1 Å². The number of benzene rings is 1. The molecule has 0 spiro atoms. The second kappa shape index (κ2) is 8.64. The van der Waals surface area contributed by atoms with Crippen molar-refractivity contribution in [3.63, 3.8) is 0 Å². The second-order valence-corrected chi connectivity index (χ2v) is 10.8. The van der Waals surface area contributed by atoms with Gasteiger partial charge in [-0.3, -0.25) is 9.59 Å². The molecule has 31 heavy (non-hydrogen) atoms. The van der Waals surface area contributed by atoms with Crippen molar-refractivity contribution < 1.29 is 4.79 Å². The van der Waals surface area contributed by atoms with E-state index in [1.807, 2.05) is 6.07 Å². The summed E-state index contributed by atoms with van der Waals surface area (Å²) in [4.78, 5) is 34.1. The molecule has 0 bridgehead atoms. The topological polar surface area (TPSA) is 74.8 Å². The number of carbonyl (C=O) groups excluding carboxylic acids is 1. The number of anilines is 1. The number of H-pyrrole nitrogens is 1. The number of allylic oxidation sites excluding steroid dienone is 2. The van der Waals surface area contributed by atoms with Gasteiger partial charge in [-0.05, 0) is 36.0 Å². The molecule has 1 aromatic carbocycles. The van der Waals surface area contributed by atoms with E-state index in [-0.39, 0.29) is 16.8 Å². The zero-order valence-electron chi connectivity index (χ0n) is 17.8. The number of carbonyl (C=O) groups is 1. The van der Waals surface area contributed by atoms with Crippen LogP contribution in [0.2, 0.25) is 10.0 Å². The van der Waals surface area contributed by atoms with Crippen LogP contribution in [0.3, 0.4) is 0 Å². The van der Waals surface area contributed by atoms with E-state index in [1.54, 1.807) is 12.1 Å². The van der Waals surface area contributed by atoms with Gasteiger partial charge in [-0.25, -0.2) is 4.98 Å². The highest BCUT2D eigenvalue weighted by Crippen LogP contribution is 2.48. The summed E-state index contributed by atoms with van der Waals surface area (Å²) in [5.41, 5.74) is 2.28. The molecule has 1 unspecified atom stereocenters. The second-order valence-electron chi connectivity index (χ2n) is 8.90. The van der Waals surface area contributed by atoms with Crippen molar-refractivity contribution in [2.24, 2.45) is 5.41 Å². The van der Waals surface area contributed by atoms with E-state index in [0.29, 0.717) is 45.0 Å². The monoisotopic (exact) mass is 477 g/mol. The number of hydrogen-bond acceptors (Lipinski definition) is 5. The van der Waals surface area contributed by atoms with Gasteiger partial charge in [0.25, 0.3) is 5.56 Å². The molecule has 0 saturated carbocycles. The summed E-state index contributed by atoms with van der Waals surface area (Å²) in [5, 5.41) is 4.74. The predicted molar refractivity (Wildman–Crippen MR) is 127 cm³/mol. The molecule has 2 heterocycles. The van der Waals surface area contributed by atoms with Crippen LogP contribution in [0.4, 0.5) is 5.82 Å². The third kappa shape index (κ3) is 4.43. The fourth-order valence-electron chi connectivity index (χ4n) is 4.30. The van der Waals surface area contributed by atoms with Crippen molar-refractivity contribution in [1.29, 1.82) is 0 Å². The Morgan fingerprint density at radius 2 is 1.97 bits per heavy atom. The minimum Gasteiger partial charge on any atom is -0.343 e. The lowest BCUT2D eigenvalue weighted by Crippen LogP contribution is -2.37. The Labute approximate surface area is 196 Å². The van der Waals surface area contributed by atoms with Crippen LogP contribution in [0, 0.1) is 5.41 Å². The van der Waals surface area contributed by atoms with Gasteiger partial charge >= 0.3 is 0 Å². The smallest absolute Gasteiger partial charge is 0.257 e. The molecule has 2 N–H and O–H groups in total. The van der Waals surface area contributed by atoms with Gasteiger partial charge in [0.1, 0.15) is 5.82 Å². The molecule has 2 aromatic rings. The molecule has 0 amide bonds. The highest BCUT2D eigenvalue weighted by Gasteiger charge is 2.42. The lowest BCUT2D eigenvalue weighted by molar-refractivity contribution is -0.118. The SMILES string of the molecule is CCCCSc1nc2c(c(=O)[nH]1)C(c1ccc(Cl)c(Cl)c1)C1=C(CC(C)(C)CC1=O)N2. The van der Waals surface area contributed by atoms with E-state index in [4.69, 9.17) is 28.2 Å². The standard InChI is InChI=1S/C23H25Cl2N3O2S/c1-4-5-8-31-22-27-20-19(21(30)28-22)17(12-6-7-13(24)14(25)9-12)18-15(26-20)10-23(2,3)11-16(18)29/h6-7,9,17H,4-5,8,10-11H2,1-3H3,(H2,26,27,28,30). The van der Waals surface area contributed by atoms with Crippen LogP contribution in [0.25, 0.3) is 0 Å². The number of aromatic amines is 1. The minimum absolute atomic E-state index is 0.0428. The van der Waals surface area contributed by atoms with Crippen LogP contribution in [0.5, 0.6) is 0 Å². The van der Waals surface area contributed by atoms with E-state index >= 15 is 0 Å². The van der Waals surface area contributed by atoms with E-state index in [9.17, 15) is 9.59 Å².